The Morgan fingerprint density at radius 2 is 2.04 bits per heavy atom. The first-order valence-electron chi connectivity index (χ1n) is 10.2. The normalized spacial score (nSPS) is 24.7. The van der Waals surface area contributed by atoms with Gasteiger partial charge in [0.15, 0.2) is 5.96 Å². The van der Waals surface area contributed by atoms with E-state index in [1.54, 1.807) is 6.07 Å². The van der Waals surface area contributed by atoms with Gasteiger partial charge in [-0.1, -0.05) is 12.1 Å². The highest BCUT2D eigenvalue weighted by Gasteiger charge is 2.44. The number of hydrogen-bond acceptors (Lipinski definition) is 2. The van der Waals surface area contributed by atoms with Crippen LogP contribution in [0.1, 0.15) is 44.6 Å². The minimum Gasteiger partial charge on any atom is -0.357 e. The average Bonchev–Trinajstić information content (AvgIpc) is 3.04. The zero-order valence-electron chi connectivity index (χ0n) is 16.3. The highest BCUT2D eigenvalue weighted by Crippen LogP contribution is 2.48. The third-order valence-electron chi connectivity index (χ3n) is 6.28. The van der Waals surface area contributed by atoms with Crippen molar-refractivity contribution < 1.29 is 4.39 Å². The molecule has 3 fully saturated rings. The SMILES string of the molecule is CCNC(=NCC1(c2cccc(F)c2)CC1)N1CCC(N2CCCC2)C1.I. The molecule has 1 saturated carbocycles. The van der Waals surface area contributed by atoms with Crippen molar-refractivity contribution in [2.75, 3.05) is 39.3 Å². The van der Waals surface area contributed by atoms with Crippen molar-refractivity contribution in [2.24, 2.45) is 4.99 Å². The number of aliphatic imine (C=N–C) groups is 1. The zero-order valence-corrected chi connectivity index (χ0v) is 18.6. The summed E-state index contributed by atoms with van der Waals surface area (Å²) in [5, 5.41) is 3.48. The van der Waals surface area contributed by atoms with Gasteiger partial charge in [-0.2, -0.15) is 0 Å². The van der Waals surface area contributed by atoms with Crippen LogP contribution in [0.2, 0.25) is 0 Å². The molecule has 2 heterocycles. The Morgan fingerprint density at radius 1 is 1.26 bits per heavy atom. The Kier molecular flexibility index (Phi) is 7.00. The van der Waals surface area contributed by atoms with Gasteiger partial charge in [-0.15, -0.1) is 24.0 Å². The van der Waals surface area contributed by atoms with Gasteiger partial charge in [0.05, 0.1) is 6.54 Å². The number of benzene rings is 1. The van der Waals surface area contributed by atoms with Gasteiger partial charge in [0.1, 0.15) is 5.82 Å². The van der Waals surface area contributed by atoms with Gasteiger partial charge in [0.2, 0.25) is 0 Å². The van der Waals surface area contributed by atoms with Crippen LogP contribution in [0.15, 0.2) is 29.3 Å². The van der Waals surface area contributed by atoms with Gasteiger partial charge in [-0.25, -0.2) is 4.39 Å². The monoisotopic (exact) mass is 486 g/mol. The Morgan fingerprint density at radius 3 is 2.70 bits per heavy atom. The van der Waals surface area contributed by atoms with Crippen molar-refractivity contribution in [3.05, 3.63) is 35.6 Å². The first kappa shape index (κ1) is 20.8. The largest absolute Gasteiger partial charge is 0.357 e. The first-order valence-corrected chi connectivity index (χ1v) is 10.2. The molecule has 0 radical (unpaired) electrons. The van der Waals surface area contributed by atoms with Crippen molar-refractivity contribution in [3.63, 3.8) is 0 Å². The van der Waals surface area contributed by atoms with Crippen molar-refractivity contribution in [3.8, 4) is 0 Å². The van der Waals surface area contributed by atoms with Crippen molar-refractivity contribution >= 4 is 29.9 Å². The molecule has 1 aromatic rings. The molecule has 0 amide bonds. The number of hydrogen-bond donors (Lipinski definition) is 1. The molecular formula is C21H32FIN4. The lowest BCUT2D eigenvalue weighted by Crippen LogP contribution is -2.43. The van der Waals surface area contributed by atoms with E-state index in [1.807, 2.05) is 6.07 Å². The van der Waals surface area contributed by atoms with Gasteiger partial charge >= 0.3 is 0 Å². The average molecular weight is 486 g/mol. The predicted molar refractivity (Wildman–Crippen MR) is 119 cm³/mol. The second kappa shape index (κ2) is 9.07. The quantitative estimate of drug-likeness (QED) is 0.392. The van der Waals surface area contributed by atoms with E-state index >= 15 is 0 Å². The summed E-state index contributed by atoms with van der Waals surface area (Å²) in [5.41, 5.74) is 1.16. The highest BCUT2D eigenvalue weighted by molar-refractivity contribution is 14.0. The van der Waals surface area contributed by atoms with E-state index in [1.165, 1.54) is 38.4 Å². The summed E-state index contributed by atoms with van der Waals surface area (Å²) < 4.78 is 13.6. The molecule has 1 aliphatic carbocycles. The van der Waals surface area contributed by atoms with Gasteiger partial charge in [0.25, 0.3) is 0 Å². The predicted octanol–water partition coefficient (Wildman–Crippen LogP) is 3.61. The van der Waals surface area contributed by atoms with Crippen LogP contribution in [0.25, 0.3) is 0 Å². The minimum atomic E-state index is -0.141. The molecule has 6 heteroatoms. The molecule has 0 aromatic heterocycles. The van der Waals surface area contributed by atoms with Crippen LogP contribution in [-0.2, 0) is 5.41 Å². The van der Waals surface area contributed by atoms with Gasteiger partial charge in [-0.05, 0) is 69.8 Å². The molecule has 2 aliphatic heterocycles. The maximum atomic E-state index is 13.6. The summed E-state index contributed by atoms with van der Waals surface area (Å²) in [6.45, 7) is 8.45. The van der Waals surface area contributed by atoms with Crippen molar-refractivity contribution in [2.45, 2.75) is 50.5 Å². The molecule has 0 spiro atoms. The molecule has 4 nitrogen and oxygen atoms in total. The number of rotatable bonds is 5. The lowest BCUT2D eigenvalue weighted by atomic mass is 9.96. The van der Waals surface area contributed by atoms with E-state index in [-0.39, 0.29) is 35.2 Å². The third-order valence-corrected chi connectivity index (χ3v) is 6.28. The van der Waals surface area contributed by atoms with E-state index in [9.17, 15) is 4.39 Å². The van der Waals surface area contributed by atoms with Crippen molar-refractivity contribution in [1.29, 1.82) is 0 Å². The second-order valence-corrected chi connectivity index (χ2v) is 8.09. The summed E-state index contributed by atoms with van der Waals surface area (Å²) in [7, 11) is 0. The summed E-state index contributed by atoms with van der Waals surface area (Å²) in [6, 6.07) is 7.77. The molecule has 2 saturated heterocycles. The number of nitrogens with zero attached hydrogens (tertiary/aromatic N) is 3. The zero-order chi connectivity index (χ0) is 18.0. The summed E-state index contributed by atoms with van der Waals surface area (Å²) in [6.07, 6.45) is 6.15. The Labute approximate surface area is 179 Å². The maximum Gasteiger partial charge on any atom is 0.193 e. The molecular weight excluding hydrogens is 454 g/mol. The highest BCUT2D eigenvalue weighted by atomic mass is 127. The lowest BCUT2D eigenvalue weighted by Gasteiger charge is -2.26. The molecule has 3 aliphatic rings. The van der Waals surface area contributed by atoms with E-state index in [4.69, 9.17) is 4.99 Å². The van der Waals surface area contributed by atoms with Crippen molar-refractivity contribution in [1.82, 2.24) is 15.1 Å². The summed E-state index contributed by atoms with van der Waals surface area (Å²) >= 11 is 0. The molecule has 1 unspecified atom stereocenters. The number of nitrogens with one attached hydrogen (secondary N) is 1. The molecule has 1 N–H and O–H groups in total. The fourth-order valence-corrected chi connectivity index (χ4v) is 4.50. The van der Waals surface area contributed by atoms with Crippen LogP contribution in [0.4, 0.5) is 4.39 Å². The van der Waals surface area contributed by atoms with Crippen LogP contribution < -0.4 is 5.32 Å². The minimum absolute atomic E-state index is 0. The summed E-state index contributed by atoms with van der Waals surface area (Å²) in [4.78, 5) is 10.1. The van der Waals surface area contributed by atoms with Gasteiger partial charge < -0.3 is 10.2 Å². The topological polar surface area (TPSA) is 30.9 Å². The lowest BCUT2D eigenvalue weighted by molar-refractivity contribution is 0.249. The molecule has 4 rings (SSSR count). The van der Waals surface area contributed by atoms with Crippen LogP contribution in [0.5, 0.6) is 0 Å². The maximum absolute atomic E-state index is 13.6. The van der Waals surface area contributed by atoms with Crippen LogP contribution in [0, 0.1) is 5.82 Å². The Hall–Kier alpha value is -0.890. The molecule has 150 valence electrons. The van der Waals surface area contributed by atoms with E-state index in [2.05, 4.69) is 28.1 Å². The van der Waals surface area contributed by atoms with Gasteiger partial charge in [0, 0.05) is 31.1 Å². The first-order chi connectivity index (χ1) is 12.7. The summed E-state index contributed by atoms with van der Waals surface area (Å²) in [5.74, 6) is 0.898. The molecule has 1 atom stereocenters. The Bertz CT molecular complexity index is 655. The van der Waals surface area contributed by atoms with E-state index in [0.717, 1.165) is 50.5 Å². The van der Waals surface area contributed by atoms with Crippen LogP contribution in [-0.4, -0.2) is 61.1 Å². The van der Waals surface area contributed by atoms with E-state index in [0.29, 0.717) is 6.04 Å². The van der Waals surface area contributed by atoms with Gasteiger partial charge in [-0.3, -0.25) is 9.89 Å². The van der Waals surface area contributed by atoms with Crippen LogP contribution in [0.3, 0.4) is 0 Å². The second-order valence-electron chi connectivity index (χ2n) is 8.09. The number of guanidine groups is 1. The standard InChI is InChI=1S/C21H31FN4.HI/c1-2-23-20(26-13-8-19(15-26)25-11-3-4-12-25)24-16-21(9-10-21)17-6-5-7-18(22)14-17;/h5-7,14,19H,2-4,8-13,15-16H2,1H3,(H,23,24);1H. The fourth-order valence-electron chi connectivity index (χ4n) is 4.50. The van der Waals surface area contributed by atoms with E-state index < -0.39 is 0 Å². The third kappa shape index (κ3) is 4.75. The Balaban J connectivity index is 0.00000210. The molecule has 0 bridgehead atoms. The molecule has 27 heavy (non-hydrogen) atoms. The number of likely N-dealkylation sites (tertiary alicyclic amines) is 2. The van der Waals surface area contributed by atoms with Crippen LogP contribution >= 0.6 is 24.0 Å². The fraction of sp³-hybridized carbons (Fsp3) is 0.667. The smallest absolute Gasteiger partial charge is 0.193 e. The molecule has 1 aromatic carbocycles. The number of halogens is 2.